The van der Waals surface area contributed by atoms with Crippen molar-refractivity contribution in [2.75, 3.05) is 31.7 Å². The molecule has 3 N–H and O–H groups in total. The molecule has 0 radical (unpaired) electrons. The molecular formula is C16H23N5O. The molecule has 0 aliphatic carbocycles. The van der Waals surface area contributed by atoms with E-state index < -0.39 is 0 Å². The lowest BCUT2D eigenvalue weighted by Gasteiger charge is -2.08. The van der Waals surface area contributed by atoms with Crippen LogP contribution in [-0.4, -0.2) is 41.2 Å². The predicted octanol–water partition coefficient (Wildman–Crippen LogP) is 1.60. The van der Waals surface area contributed by atoms with Crippen LogP contribution < -0.4 is 11.1 Å². The molecule has 1 amide bonds. The van der Waals surface area contributed by atoms with Crippen molar-refractivity contribution in [3.8, 4) is 0 Å². The zero-order valence-electron chi connectivity index (χ0n) is 13.1. The van der Waals surface area contributed by atoms with Gasteiger partial charge in [0.05, 0.1) is 6.54 Å². The second-order valence-electron chi connectivity index (χ2n) is 5.51. The number of amides is 1. The van der Waals surface area contributed by atoms with Crippen LogP contribution in [0.15, 0.2) is 36.5 Å². The van der Waals surface area contributed by atoms with E-state index in [1.54, 1.807) is 0 Å². The Morgan fingerprint density at radius 3 is 2.82 bits per heavy atom. The summed E-state index contributed by atoms with van der Waals surface area (Å²) in [5, 5.41) is 7.14. The number of nitrogens with one attached hydrogen (secondary N) is 1. The summed E-state index contributed by atoms with van der Waals surface area (Å²) in [5.41, 5.74) is 7.59. The van der Waals surface area contributed by atoms with Gasteiger partial charge in [0.2, 0.25) is 5.91 Å². The minimum atomic E-state index is -0.0545. The zero-order chi connectivity index (χ0) is 15.9. The lowest BCUT2D eigenvalue weighted by Crippen LogP contribution is -2.19. The van der Waals surface area contributed by atoms with Crippen molar-refractivity contribution >= 4 is 17.4 Å². The Kier molecular flexibility index (Phi) is 5.55. The molecule has 0 atom stereocenters. The minimum Gasteiger partial charge on any atom is -0.399 e. The van der Waals surface area contributed by atoms with Gasteiger partial charge >= 0.3 is 0 Å². The van der Waals surface area contributed by atoms with E-state index in [4.69, 9.17) is 5.73 Å². The second-order valence-corrected chi connectivity index (χ2v) is 5.51. The Hall–Kier alpha value is -2.34. The highest BCUT2D eigenvalue weighted by atomic mass is 16.1. The summed E-state index contributed by atoms with van der Waals surface area (Å²) in [6.45, 7) is 1.70. The number of aromatic nitrogens is 2. The molecule has 0 unspecified atom stereocenters. The Balaban J connectivity index is 1.81. The van der Waals surface area contributed by atoms with Gasteiger partial charge in [-0.3, -0.25) is 9.48 Å². The van der Waals surface area contributed by atoms with Crippen molar-refractivity contribution in [3.63, 3.8) is 0 Å². The molecule has 6 nitrogen and oxygen atoms in total. The minimum absolute atomic E-state index is 0.0545. The van der Waals surface area contributed by atoms with Gasteiger partial charge in [-0.25, -0.2) is 0 Å². The van der Waals surface area contributed by atoms with Gasteiger partial charge in [-0.1, -0.05) is 18.2 Å². The molecule has 0 fully saturated rings. The van der Waals surface area contributed by atoms with Gasteiger partial charge in [0.15, 0.2) is 5.82 Å². The Morgan fingerprint density at radius 2 is 2.09 bits per heavy atom. The molecule has 1 aromatic carbocycles. The summed E-state index contributed by atoms with van der Waals surface area (Å²) >= 11 is 0. The fraction of sp³-hybridized carbons (Fsp3) is 0.375. The van der Waals surface area contributed by atoms with Crippen LogP contribution in [0, 0.1) is 0 Å². The molecule has 1 heterocycles. The number of hydrogen-bond acceptors (Lipinski definition) is 4. The van der Waals surface area contributed by atoms with E-state index in [1.165, 1.54) is 0 Å². The number of nitrogens with zero attached hydrogens (tertiary/aromatic N) is 3. The van der Waals surface area contributed by atoms with Crippen molar-refractivity contribution in [2.45, 2.75) is 19.4 Å². The Bertz CT molecular complexity index is 621. The number of nitrogens with two attached hydrogens (primary N) is 1. The molecule has 0 bridgehead atoms. The van der Waals surface area contributed by atoms with Gasteiger partial charge in [-0.2, -0.15) is 5.10 Å². The highest BCUT2D eigenvalue weighted by Gasteiger charge is 2.07. The number of anilines is 2. The first-order valence-electron chi connectivity index (χ1n) is 7.36. The van der Waals surface area contributed by atoms with Crippen molar-refractivity contribution in [3.05, 3.63) is 42.1 Å². The van der Waals surface area contributed by atoms with E-state index in [2.05, 4.69) is 15.3 Å². The fourth-order valence-electron chi connectivity index (χ4n) is 2.07. The SMILES string of the molecule is CN(C)CCn1ccc(NC(=O)CCc2ccccc2N)n1. The highest BCUT2D eigenvalue weighted by Crippen LogP contribution is 2.13. The summed E-state index contributed by atoms with van der Waals surface area (Å²) in [7, 11) is 4.03. The molecule has 0 aliphatic rings. The monoisotopic (exact) mass is 301 g/mol. The molecule has 118 valence electrons. The largest absolute Gasteiger partial charge is 0.399 e. The van der Waals surface area contributed by atoms with E-state index in [0.29, 0.717) is 18.7 Å². The number of para-hydroxylation sites is 1. The van der Waals surface area contributed by atoms with Crippen LogP contribution >= 0.6 is 0 Å². The third kappa shape index (κ3) is 4.89. The van der Waals surface area contributed by atoms with E-state index in [1.807, 2.05) is 55.3 Å². The zero-order valence-corrected chi connectivity index (χ0v) is 13.1. The number of carbonyl (C=O) groups is 1. The summed E-state index contributed by atoms with van der Waals surface area (Å²) in [6.07, 6.45) is 2.88. The van der Waals surface area contributed by atoms with Crippen LogP contribution in [0.5, 0.6) is 0 Å². The molecule has 0 aliphatic heterocycles. The lowest BCUT2D eigenvalue weighted by molar-refractivity contribution is -0.116. The first-order chi connectivity index (χ1) is 10.5. The lowest BCUT2D eigenvalue weighted by atomic mass is 10.1. The average molecular weight is 301 g/mol. The van der Waals surface area contributed by atoms with Crippen LogP contribution in [-0.2, 0) is 17.8 Å². The van der Waals surface area contributed by atoms with E-state index in [0.717, 1.165) is 24.3 Å². The molecule has 2 rings (SSSR count). The molecule has 0 saturated heterocycles. The van der Waals surface area contributed by atoms with E-state index >= 15 is 0 Å². The second kappa shape index (κ2) is 7.61. The van der Waals surface area contributed by atoms with Crippen LogP contribution in [0.2, 0.25) is 0 Å². The van der Waals surface area contributed by atoms with Gasteiger partial charge in [-0.15, -0.1) is 0 Å². The smallest absolute Gasteiger partial charge is 0.225 e. The van der Waals surface area contributed by atoms with Crippen molar-refractivity contribution in [1.29, 1.82) is 0 Å². The van der Waals surface area contributed by atoms with Crippen LogP contribution in [0.25, 0.3) is 0 Å². The van der Waals surface area contributed by atoms with E-state index in [9.17, 15) is 4.79 Å². The molecular weight excluding hydrogens is 278 g/mol. The van der Waals surface area contributed by atoms with Gasteiger partial charge in [0.1, 0.15) is 0 Å². The molecule has 2 aromatic rings. The summed E-state index contributed by atoms with van der Waals surface area (Å²) in [6, 6.07) is 9.41. The number of aryl methyl sites for hydroxylation is 1. The maximum Gasteiger partial charge on any atom is 0.225 e. The first-order valence-corrected chi connectivity index (χ1v) is 7.36. The standard InChI is InChI=1S/C16H23N5O/c1-20(2)11-12-21-10-9-15(19-21)18-16(22)8-7-13-5-3-4-6-14(13)17/h3-6,9-10H,7-8,11-12,17H2,1-2H3,(H,18,19,22). The molecule has 1 aromatic heterocycles. The topological polar surface area (TPSA) is 76.2 Å². The molecule has 0 spiro atoms. The van der Waals surface area contributed by atoms with Gasteiger partial charge < -0.3 is 16.0 Å². The summed E-state index contributed by atoms with van der Waals surface area (Å²) in [5.74, 6) is 0.533. The van der Waals surface area contributed by atoms with Gasteiger partial charge in [0.25, 0.3) is 0 Å². The normalized spacial score (nSPS) is 10.9. The van der Waals surface area contributed by atoms with E-state index in [-0.39, 0.29) is 5.91 Å². The summed E-state index contributed by atoms with van der Waals surface area (Å²) < 4.78 is 1.82. The quantitative estimate of drug-likeness (QED) is 0.762. The molecule has 6 heteroatoms. The van der Waals surface area contributed by atoms with Crippen molar-refractivity contribution in [2.24, 2.45) is 0 Å². The number of rotatable bonds is 7. The van der Waals surface area contributed by atoms with Crippen LogP contribution in [0.4, 0.5) is 11.5 Å². The maximum absolute atomic E-state index is 12.0. The number of hydrogen-bond donors (Lipinski definition) is 2. The Morgan fingerprint density at radius 1 is 1.32 bits per heavy atom. The average Bonchev–Trinajstić information content (AvgIpc) is 2.92. The summed E-state index contributed by atoms with van der Waals surface area (Å²) in [4.78, 5) is 14.1. The molecule has 22 heavy (non-hydrogen) atoms. The number of carbonyl (C=O) groups excluding carboxylic acids is 1. The number of likely N-dealkylation sites (N-methyl/N-ethyl adjacent to an activating group) is 1. The fourth-order valence-corrected chi connectivity index (χ4v) is 2.07. The first kappa shape index (κ1) is 16.0. The number of nitrogen functional groups attached to an aromatic ring is 1. The van der Waals surface area contributed by atoms with Crippen LogP contribution in [0.3, 0.4) is 0 Å². The predicted molar refractivity (Wildman–Crippen MR) is 88.6 cm³/mol. The third-order valence-corrected chi connectivity index (χ3v) is 3.36. The van der Waals surface area contributed by atoms with Crippen molar-refractivity contribution < 1.29 is 4.79 Å². The number of benzene rings is 1. The Labute approximate surface area is 130 Å². The van der Waals surface area contributed by atoms with Gasteiger partial charge in [0, 0.05) is 30.9 Å². The maximum atomic E-state index is 12.0. The van der Waals surface area contributed by atoms with Crippen LogP contribution in [0.1, 0.15) is 12.0 Å². The van der Waals surface area contributed by atoms with Crippen molar-refractivity contribution in [1.82, 2.24) is 14.7 Å². The third-order valence-electron chi connectivity index (χ3n) is 3.36. The van der Waals surface area contributed by atoms with Gasteiger partial charge in [-0.05, 0) is 32.1 Å². The highest BCUT2D eigenvalue weighted by molar-refractivity contribution is 5.89. The molecule has 0 saturated carbocycles.